The third-order valence-corrected chi connectivity index (χ3v) is 5.38. The third kappa shape index (κ3) is 5.20. The molecule has 0 aliphatic rings. The average molecular weight is 533 g/mol. The molecule has 0 unspecified atom stereocenters. The van der Waals surface area contributed by atoms with Gasteiger partial charge in [-0.15, -0.1) is 0 Å². The molecular formula is C22H18F7N5O3. The topological polar surface area (TPSA) is 109 Å². The smallest absolute Gasteiger partial charge is 0.435 e. The number of anilines is 2. The molecule has 2 aromatic carbocycles. The summed E-state index contributed by atoms with van der Waals surface area (Å²) in [6, 6.07) is 4.57. The van der Waals surface area contributed by atoms with Gasteiger partial charge in [-0.3, -0.25) is 10.1 Å². The van der Waals surface area contributed by atoms with Crippen molar-refractivity contribution in [2.75, 3.05) is 10.6 Å². The summed E-state index contributed by atoms with van der Waals surface area (Å²) in [5.41, 5.74) is -7.78. The van der Waals surface area contributed by atoms with Crippen LogP contribution in [-0.2, 0) is 12.1 Å². The van der Waals surface area contributed by atoms with E-state index >= 15 is 0 Å². The van der Waals surface area contributed by atoms with E-state index in [0.29, 0.717) is 12.1 Å². The number of nitrogens with zero attached hydrogens (tertiary/aromatic N) is 3. The van der Waals surface area contributed by atoms with Gasteiger partial charge in [0.1, 0.15) is 12.7 Å². The Labute approximate surface area is 204 Å². The molecule has 198 valence electrons. The van der Waals surface area contributed by atoms with Crippen LogP contribution in [0.2, 0.25) is 0 Å². The van der Waals surface area contributed by atoms with E-state index in [1.807, 2.05) is 0 Å². The summed E-state index contributed by atoms with van der Waals surface area (Å²) >= 11 is 0. The fourth-order valence-corrected chi connectivity index (χ4v) is 3.62. The molecule has 0 saturated carbocycles. The number of nitrogens with one attached hydrogen (secondary N) is 2. The largest absolute Gasteiger partial charge is 0.465 e. The van der Waals surface area contributed by atoms with Gasteiger partial charge in [-0.25, -0.2) is 18.9 Å². The van der Waals surface area contributed by atoms with E-state index < -0.39 is 35.6 Å². The Balaban J connectivity index is 2.03. The van der Waals surface area contributed by atoms with Crippen LogP contribution in [0, 0.1) is 6.92 Å². The van der Waals surface area contributed by atoms with Crippen LogP contribution in [0.3, 0.4) is 0 Å². The first-order chi connectivity index (χ1) is 17.1. The fourth-order valence-electron chi connectivity index (χ4n) is 3.62. The van der Waals surface area contributed by atoms with Gasteiger partial charge < -0.3 is 10.4 Å². The van der Waals surface area contributed by atoms with Gasteiger partial charge in [-0.2, -0.15) is 31.4 Å². The third-order valence-electron chi connectivity index (χ3n) is 5.38. The minimum Gasteiger partial charge on any atom is -0.465 e. The van der Waals surface area contributed by atoms with Gasteiger partial charge in [0.2, 0.25) is 0 Å². The monoisotopic (exact) mass is 533 g/mol. The van der Waals surface area contributed by atoms with Crippen LogP contribution in [0.5, 0.6) is 0 Å². The zero-order valence-electron chi connectivity index (χ0n) is 19.0. The molecule has 3 N–H and O–H groups in total. The quantitative estimate of drug-likeness (QED) is 0.349. The Morgan fingerprint density at radius 1 is 1.00 bits per heavy atom. The van der Waals surface area contributed by atoms with E-state index in [-0.39, 0.29) is 40.2 Å². The lowest BCUT2D eigenvalue weighted by Crippen LogP contribution is -2.50. The molecule has 3 aromatic rings. The van der Waals surface area contributed by atoms with Gasteiger partial charge in [0, 0.05) is 16.8 Å². The summed E-state index contributed by atoms with van der Waals surface area (Å²) < 4.78 is 95.2. The molecule has 0 spiro atoms. The van der Waals surface area contributed by atoms with Crippen molar-refractivity contribution < 1.29 is 45.4 Å². The Bertz CT molecular complexity index is 1310. The second-order valence-electron chi connectivity index (χ2n) is 7.79. The SMILES string of the molecule is CCc1cc(C(F)(C(F)(F)F)C(F)(F)F)cc(C)c1NC(=O)c1ccc(-n2cncn2)c(NC(=O)O)c1. The van der Waals surface area contributed by atoms with Crippen LogP contribution in [0.25, 0.3) is 5.69 Å². The summed E-state index contributed by atoms with van der Waals surface area (Å²) in [5, 5.41) is 17.5. The van der Waals surface area contributed by atoms with E-state index in [9.17, 15) is 40.3 Å². The van der Waals surface area contributed by atoms with Crippen molar-refractivity contribution in [3.05, 3.63) is 65.2 Å². The average Bonchev–Trinajstić information content (AvgIpc) is 3.32. The molecule has 3 rings (SSSR count). The molecule has 0 aliphatic carbocycles. The highest BCUT2D eigenvalue weighted by molar-refractivity contribution is 6.06. The maximum atomic E-state index is 14.6. The molecule has 0 bridgehead atoms. The number of hydrogen-bond acceptors (Lipinski definition) is 4. The number of rotatable bonds is 6. The molecule has 0 saturated heterocycles. The molecule has 8 nitrogen and oxygen atoms in total. The number of hydrogen-bond donors (Lipinski definition) is 3. The van der Waals surface area contributed by atoms with Crippen LogP contribution in [0.15, 0.2) is 43.0 Å². The second-order valence-corrected chi connectivity index (χ2v) is 7.79. The molecule has 0 aliphatic heterocycles. The summed E-state index contributed by atoms with van der Waals surface area (Å²) in [7, 11) is 0. The summed E-state index contributed by atoms with van der Waals surface area (Å²) in [4.78, 5) is 27.9. The normalized spacial score (nSPS) is 12.4. The fraction of sp³-hybridized carbons (Fsp3) is 0.273. The highest BCUT2D eigenvalue weighted by atomic mass is 19.4. The summed E-state index contributed by atoms with van der Waals surface area (Å²) in [5.74, 6) is -0.859. The van der Waals surface area contributed by atoms with E-state index in [4.69, 9.17) is 5.11 Å². The summed E-state index contributed by atoms with van der Waals surface area (Å²) in [6.07, 6.45) is -11.7. The molecule has 2 amide bonds. The lowest BCUT2D eigenvalue weighted by atomic mass is 9.89. The van der Waals surface area contributed by atoms with E-state index in [0.717, 1.165) is 13.0 Å². The number of amides is 2. The number of carbonyl (C=O) groups is 2. The number of carbonyl (C=O) groups excluding carboxylic acids is 1. The number of aromatic nitrogens is 3. The molecular weight excluding hydrogens is 515 g/mol. The molecule has 37 heavy (non-hydrogen) atoms. The Morgan fingerprint density at radius 3 is 2.16 bits per heavy atom. The number of benzene rings is 2. The van der Waals surface area contributed by atoms with Crippen LogP contribution >= 0.6 is 0 Å². The van der Waals surface area contributed by atoms with Crippen LogP contribution < -0.4 is 10.6 Å². The molecule has 15 heteroatoms. The first-order valence-corrected chi connectivity index (χ1v) is 10.4. The van der Waals surface area contributed by atoms with Crippen LogP contribution in [0.1, 0.15) is 34.0 Å². The van der Waals surface area contributed by atoms with Crippen molar-refractivity contribution in [3.63, 3.8) is 0 Å². The van der Waals surface area contributed by atoms with E-state index in [2.05, 4.69) is 20.7 Å². The van der Waals surface area contributed by atoms with Crippen molar-refractivity contribution >= 4 is 23.4 Å². The maximum absolute atomic E-state index is 14.6. The predicted octanol–water partition coefficient (Wildman–Crippen LogP) is 5.77. The summed E-state index contributed by atoms with van der Waals surface area (Å²) in [6.45, 7) is 2.52. The number of halogens is 7. The minimum absolute atomic E-state index is 0.0639. The van der Waals surface area contributed by atoms with Crippen molar-refractivity contribution in [3.8, 4) is 5.69 Å². The van der Waals surface area contributed by atoms with Crippen LogP contribution in [0.4, 0.5) is 46.9 Å². The minimum atomic E-state index is -6.28. The van der Waals surface area contributed by atoms with Gasteiger partial charge in [-0.05, 0) is 48.7 Å². The Morgan fingerprint density at radius 2 is 1.65 bits per heavy atom. The Kier molecular flexibility index (Phi) is 7.19. The maximum Gasteiger partial charge on any atom is 0.435 e. The zero-order chi connectivity index (χ0) is 27.8. The van der Waals surface area contributed by atoms with Crippen LogP contribution in [-0.4, -0.2) is 44.2 Å². The van der Waals surface area contributed by atoms with E-state index in [1.165, 1.54) is 36.4 Å². The number of carboxylic acid groups (broad SMARTS) is 1. The molecule has 0 radical (unpaired) electrons. The van der Waals surface area contributed by atoms with Gasteiger partial charge in [0.05, 0.1) is 11.4 Å². The highest BCUT2D eigenvalue weighted by Gasteiger charge is 2.73. The van der Waals surface area contributed by atoms with Gasteiger partial charge in [0.25, 0.3) is 5.91 Å². The highest BCUT2D eigenvalue weighted by Crippen LogP contribution is 2.53. The van der Waals surface area contributed by atoms with Gasteiger partial charge >= 0.3 is 24.1 Å². The van der Waals surface area contributed by atoms with E-state index in [1.54, 1.807) is 0 Å². The first-order valence-electron chi connectivity index (χ1n) is 10.4. The molecule has 0 atom stereocenters. The zero-order valence-corrected chi connectivity index (χ0v) is 19.0. The lowest BCUT2D eigenvalue weighted by molar-refractivity contribution is -0.348. The molecule has 0 fully saturated rings. The van der Waals surface area contributed by atoms with Crippen molar-refractivity contribution in [2.24, 2.45) is 0 Å². The predicted molar refractivity (Wildman–Crippen MR) is 116 cm³/mol. The van der Waals surface area contributed by atoms with Gasteiger partial charge in [0.15, 0.2) is 0 Å². The second kappa shape index (κ2) is 9.71. The molecule has 1 aromatic heterocycles. The lowest BCUT2D eigenvalue weighted by Gasteiger charge is -2.31. The standard InChI is InChI=1S/C22H18F7N5O3/c1-3-12-7-14(20(23,21(24,25)26)22(27,28)29)6-11(2)17(12)33-18(35)13-4-5-16(34-10-30-9-31-34)15(8-13)32-19(36)37/h4-10,32H,3H2,1-2H3,(H,33,35)(H,36,37). The van der Waals surface area contributed by atoms with Gasteiger partial charge in [-0.1, -0.05) is 13.0 Å². The first kappa shape index (κ1) is 27.4. The Hall–Kier alpha value is -4.17. The van der Waals surface area contributed by atoms with Crippen molar-refractivity contribution in [1.29, 1.82) is 0 Å². The van der Waals surface area contributed by atoms with Crippen molar-refractivity contribution in [2.45, 2.75) is 38.3 Å². The molecule has 1 heterocycles. The number of aryl methyl sites for hydroxylation is 2. The van der Waals surface area contributed by atoms with Crippen molar-refractivity contribution in [1.82, 2.24) is 14.8 Å². The number of alkyl halides is 7.